The highest BCUT2D eigenvalue weighted by Crippen LogP contribution is 2.17. The van der Waals surface area contributed by atoms with Crippen molar-refractivity contribution in [2.45, 2.75) is 12.7 Å². The first-order chi connectivity index (χ1) is 10.6. The maximum atomic E-state index is 11.9. The Morgan fingerprint density at radius 1 is 1.09 bits per heavy atom. The SMILES string of the molecule is Cc1ccc(NC(=O)CSCc2ccccc2C(=O)O)cc1. The molecule has 2 N–H and O–H groups in total. The maximum Gasteiger partial charge on any atom is 0.335 e. The van der Waals surface area contributed by atoms with Gasteiger partial charge in [-0.3, -0.25) is 4.79 Å². The number of carboxylic acids is 1. The largest absolute Gasteiger partial charge is 0.478 e. The fraction of sp³-hybridized carbons (Fsp3) is 0.176. The highest BCUT2D eigenvalue weighted by atomic mass is 32.2. The molecule has 2 rings (SSSR count). The van der Waals surface area contributed by atoms with E-state index < -0.39 is 5.97 Å². The minimum absolute atomic E-state index is 0.0957. The number of hydrogen-bond donors (Lipinski definition) is 2. The lowest BCUT2D eigenvalue weighted by Gasteiger charge is -2.07. The zero-order valence-corrected chi connectivity index (χ0v) is 13.0. The van der Waals surface area contributed by atoms with Crippen LogP contribution >= 0.6 is 11.8 Å². The van der Waals surface area contributed by atoms with E-state index in [0.29, 0.717) is 5.75 Å². The van der Waals surface area contributed by atoms with Gasteiger partial charge in [0.1, 0.15) is 0 Å². The third-order valence-electron chi connectivity index (χ3n) is 3.07. The van der Waals surface area contributed by atoms with Gasteiger partial charge in [0.25, 0.3) is 0 Å². The van der Waals surface area contributed by atoms with Crippen LogP contribution in [0.15, 0.2) is 48.5 Å². The van der Waals surface area contributed by atoms with E-state index in [1.807, 2.05) is 31.2 Å². The van der Waals surface area contributed by atoms with Crippen LogP contribution in [-0.4, -0.2) is 22.7 Å². The smallest absolute Gasteiger partial charge is 0.335 e. The third kappa shape index (κ3) is 4.63. The van der Waals surface area contributed by atoms with Gasteiger partial charge in [0.05, 0.1) is 11.3 Å². The van der Waals surface area contributed by atoms with Gasteiger partial charge in [0.15, 0.2) is 0 Å². The summed E-state index contributed by atoms with van der Waals surface area (Å²) in [6.07, 6.45) is 0. The molecule has 0 unspecified atom stereocenters. The minimum Gasteiger partial charge on any atom is -0.478 e. The van der Waals surface area contributed by atoms with E-state index in [0.717, 1.165) is 16.8 Å². The Bertz CT molecular complexity index is 668. The molecule has 0 bridgehead atoms. The summed E-state index contributed by atoms with van der Waals surface area (Å²) in [6.45, 7) is 1.99. The van der Waals surface area contributed by atoms with Gasteiger partial charge in [-0.1, -0.05) is 35.9 Å². The van der Waals surface area contributed by atoms with Crippen LogP contribution in [0.5, 0.6) is 0 Å². The van der Waals surface area contributed by atoms with Gasteiger partial charge in [0, 0.05) is 11.4 Å². The maximum absolute atomic E-state index is 11.9. The zero-order valence-electron chi connectivity index (χ0n) is 12.2. The van der Waals surface area contributed by atoms with Crippen molar-refractivity contribution in [2.24, 2.45) is 0 Å². The van der Waals surface area contributed by atoms with Crippen LogP contribution in [0.3, 0.4) is 0 Å². The molecule has 0 saturated heterocycles. The third-order valence-corrected chi connectivity index (χ3v) is 4.06. The number of benzene rings is 2. The van der Waals surface area contributed by atoms with Crippen molar-refractivity contribution in [1.82, 2.24) is 0 Å². The zero-order chi connectivity index (χ0) is 15.9. The summed E-state index contributed by atoms with van der Waals surface area (Å²) in [5.41, 5.74) is 2.91. The van der Waals surface area contributed by atoms with Gasteiger partial charge in [-0.2, -0.15) is 0 Å². The molecule has 5 heteroatoms. The number of aromatic carboxylic acids is 1. The average molecular weight is 315 g/mol. The van der Waals surface area contributed by atoms with Gasteiger partial charge in [-0.05, 0) is 30.7 Å². The number of nitrogens with one attached hydrogen (secondary N) is 1. The van der Waals surface area contributed by atoms with Crippen LogP contribution in [0.2, 0.25) is 0 Å². The number of carboxylic acid groups (broad SMARTS) is 1. The number of amides is 1. The second kappa shape index (κ2) is 7.66. The Kier molecular flexibility index (Phi) is 5.61. The van der Waals surface area contributed by atoms with Crippen molar-refractivity contribution in [1.29, 1.82) is 0 Å². The van der Waals surface area contributed by atoms with Crippen LogP contribution in [0.4, 0.5) is 5.69 Å². The lowest BCUT2D eigenvalue weighted by Crippen LogP contribution is -2.14. The number of carbonyl (C=O) groups excluding carboxylic acids is 1. The fourth-order valence-corrected chi connectivity index (χ4v) is 2.77. The Morgan fingerprint density at radius 2 is 1.77 bits per heavy atom. The molecule has 0 aromatic heterocycles. The Morgan fingerprint density at radius 3 is 2.45 bits per heavy atom. The van der Waals surface area contributed by atoms with E-state index in [-0.39, 0.29) is 17.2 Å². The van der Waals surface area contributed by atoms with Crippen molar-refractivity contribution in [3.63, 3.8) is 0 Å². The molecule has 4 nitrogen and oxygen atoms in total. The monoisotopic (exact) mass is 315 g/mol. The summed E-state index contributed by atoms with van der Waals surface area (Å²) in [5.74, 6) is -0.270. The summed E-state index contributed by atoms with van der Waals surface area (Å²) in [6, 6.07) is 14.4. The fourth-order valence-electron chi connectivity index (χ4n) is 1.94. The van der Waals surface area contributed by atoms with E-state index in [9.17, 15) is 9.59 Å². The second-order valence-corrected chi connectivity index (χ2v) is 5.85. The van der Waals surface area contributed by atoms with Crippen LogP contribution in [0.1, 0.15) is 21.5 Å². The number of carbonyl (C=O) groups is 2. The first kappa shape index (κ1) is 16.1. The van der Waals surface area contributed by atoms with E-state index >= 15 is 0 Å². The van der Waals surface area contributed by atoms with E-state index in [2.05, 4.69) is 5.32 Å². The standard InChI is InChI=1S/C17H17NO3S/c1-12-6-8-14(9-7-12)18-16(19)11-22-10-13-4-2-3-5-15(13)17(20)21/h2-9H,10-11H2,1H3,(H,18,19)(H,20,21). The van der Waals surface area contributed by atoms with Crippen LogP contribution < -0.4 is 5.32 Å². The summed E-state index contributed by atoms with van der Waals surface area (Å²) in [4.78, 5) is 23.0. The summed E-state index contributed by atoms with van der Waals surface area (Å²) in [5, 5.41) is 11.9. The Hall–Kier alpha value is -2.27. The molecule has 2 aromatic rings. The van der Waals surface area contributed by atoms with Gasteiger partial charge < -0.3 is 10.4 Å². The first-order valence-electron chi connectivity index (χ1n) is 6.82. The summed E-state index contributed by atoms with van der Waals surface area (Å²) < 4.78 is 0. The van der Waals surface area contributed by atoms with Crippen LogP contribution in [0, 0.1) is 6.92 Å². The molecule has 1 amide bonds. The number of aryl methyl sites for hydroxylation is 1. The topological polar surface area (TPSA) is 66.4 Å². The van der Waals surface area contributed by atoms with Crippen molar-refractivity contribution >= 4 is 29.3 Å². The van der Waals surface area contributed by atoms with Crippen molar-refractivity contribution in [3.05, 3.63) is 65.2 Å². The number of rotatable bonds is 6. The van der Waals surface area contributed by atoms with Crippen molar-refractivity contribution in [3.8, 4) is 0 Å². The average Bonchev–Trinajstić information content (AvgIpc) is 2.50. The molecule has 0 fully saturated rings. The lowest BCUT2D eigenvalue weighted by atomic mass is 10.1. The molecule has 0 aliphatic carbocycles. The molecule has 0 aliphatic rings. The van der Waals surface area contributed by atoms with E-state index in [1.165, 1.54) is 11.8 Å². The van der Waals surface area contributed by atoms with Gasteiger partial charge in [0.2, 0.25) is 5.91 Å². The first-order valence-corrected chi connectivity index (χ1v) is 7.97. The molecule has 0 heterocycles. The molecule has 22 heavy (non-hydrogen) atoms. The molecule has 0 saturated carbocycles. The van der Waals surface area contributed by atoms with Crippen molar-refractivity contribution < 1.29 is 14.7 Å². The number of thioether (sulfide) groups is 1. The predicted octanol–water partition coefficient (Wildman–Crippen LogP) is 3.57. The highest BCUT2D eigenvalue weighted by Gasteiger charge is 2.09. The Balaban J connectivity index is 1.85. The molecule has 0 radical (unpaired) electrons. The highest BCUT2D eigenvalue weighted by molar-refractivity contribution is 7.99. The van der Waals surface area contributed by atoms with Crippen LogP contribution in [0.25, 0.3) is 0 Å². The number of hydrogen-bond acceptors (Lipinski definition) is 3. The Labute approximate surface area is 133 Å². The number of anilines is 1. The van der Waals surface area contributed by atoms with Crippen molar-refractivity contribution in [2.75, 3.05) is 11.1 Å². The van der Waals surface area contributed by atoms with Gasteiger partial charge in [-0.15, -0.1) is 11.8 Å². The molecule has 0 aliphatic heterocycles. The van der Waals surface area contributed by atoms with Gasteiger partial charge >= 0.3 is 5.97 Å². The molecule has 2 aromatic carbocycles. The molecule has 0 atom stereocenters. The molecule has 0 spiro atoms. The predicted molar refractivity (Wildman–Crippen MR) is 89.4 cm³/mol. The van der Waals surface area contributed by atoms with E-state index in [1.54, 1.807) is 24.3 Å². The molecule has 114 valence electrons. The quantitative estimate of drug-likeness (QED) is 0.855. The summed E-state index contributed by atoms with van der Waals surface area (Å²) in [7, 11) is 0. The summed E-state index contributed by atoms with van der Waals surface area (Å²) >= 11 is 1.39. The normalized spacial score (nSPS) is 10.2. The second-order valence-electron chi connectivity index (χ2n) is 4.87. The van der Waals surface area contributed by atoms with E-state index in [4.69, 9.17) is 5.11 Å². The van der Waals surface area contributed by atoms with Crippen LogP contribution in [-0.2, 0) is 10.5 Å². The lowest BCUT2D eigenvalue weighted by molar-refractivity contribution is -0.113. The van der Waals surface area contributed by atoms with Gasteiger partial charge in [-0.25, -0.2) is 4.79 Å². The molecular formula is C17H17NO3S. The minimum atomic E-state index is -0.944. The molecular weight excluding hydrogens is 298 g/mol.